The molecule has 4 heteroatoms. The Morgan fingerprint density at radius 1 is 0.941 bits per heavy atom. The van der Waals surface area contributed by atoms with E-state index in [1.807, 2.05) is 30.3 Å². The van der Waals surface area contributed by atoms with Gasteiger partial charge in [-0.3, -0.25) is 0 Å². The lowest BCUT2D eigenvalue weighted by Gasteiger charge is -2.17. The minimum Gasteiger partial charge on any atom is -0.410 e. The van der Waals surface area contributed by atoms with Gasteiger partial charge in [-0.2, -0.15) is 0 Å². The molecule has 0 aromatic heterocycles. The Balaban J connectivity index is 2.11. The number of hydrogen-bond donors (Lipinski definition) is 0. The van der Waals surface area contributed by atoms with E-state index in [1.54, 1.807) is 6.08 Å². The molecular formula is C13H11F3O. The van der Waals surface area contributed by atoms with Crippen LogP contribution in [0, 0.1) is 0 Å². The Morgan fingerprint density at radius 3 is 2.18 bits per heavy atom. The second-order valence-corrected chi connectivity index (χ2v) is 3.74. The van der Waals surface area contributed by atoms with Gasteiger partial charge in [0.05, 0.1) is 0 Å². The van der Waals surface area contributed by atoms with E-state index < -0.39 is 6.36 Å². The lowest BCUT2D eigenvalue weighted by molar-refractivity contribution is -0.306. The Kier molecular flexibility index (Phi) is 3.22. The number of hydrogen-bond acceptors (Lipinski definition) is 1. The number of halogens is 3. The zero-order valence-electron chi connectivity index (χ0n) is 9.00. The monoisotopic (exact) mass is 240 g/mol. The number of allylic oxidation sites excluding steroid dienone is 4. The summed E-state index contributed by atoms with van der Waals surface area (Å²) in [5, 5.41) is 0. The minimum atomic E-state index is -4.59. The van der Waals surface area contributed by atoms with Crippen molar-refractivity contribution in [2.24, 2.45) is 0 Å². The second kappa shape index (κ2) is 4.65. The molecule has 0 saturated heterocycles. The average molecular weight is 240 g/mol. The lowest BCUT2D eigenvalue weighted by Crippen LogP contribution is -2.13. The molecule has 0 unspecified atom stereocenters. The quantitative estimate of drug-likeness (QED) is 0.749. The van der Waals surface area contributed by atoms with Crippen LogP contribution in [0.3, 0.4) is 0 Å². The Morgan fingerprint density at radius 2 is 1.65 bits per heavy atom. The predicted molar refractivity (Wildman–Crippen MR) is 58.9 cm³/mol. The van der Waals surface area contributed by atoms with Crippen molar-refractivity contribution in [2.45, 2.75) is 19.2 Å². The maximum Gasteiger partial charge on any atom is 0.572 e. The predicted octanol–water partition coefficient (Wildman–Crippen LogP) is 4.28. The van der Waals surface area contributed by atoms with Gasteiger partial charge in [-0.05, 0) is 23.6 Å². The second-order valence-electron chi connectivity index (χ2n) is 3.74. The van der Waals surface area contributed by atoms with E-state index >= 15 is 0 Å². The highest BCUT2D eigenvalue weighted by Crippen LogP contribution is 2.30. The van der Waals surface area contributed by atoms with E-state index in [2.05, 4.69) is 4.74 Å². The normalized spacial score (nSPS) is 16.2. The molecule has 1 aliphatic rings. The van der Waals surface area contributed by atoms with Gasteiger partial charge in [-0.25, -0.2) is 0 Å². The molecule has 0 spiro atoms. The fraction of sp³-hybridized carbons (Fsp3) is 0.231. The highest BCUT2D eigenvalue weighted by atomic mass is 19.4. The molecule has 0 atom stereocenters. The molecule has 1 aliphatic carbocycles. The first-order chi connectivity index (χ1) is 8.04. The maximum atomic E-state index is 12.0. The molecule has 0 fully saturated rings. The maximum absolute atomic E-state index is 12.0. The molecular weight excluding hydrogens is 229 g/mol. The van der Waals surface area contributed by atoms with E-state index in [9.17, 15) is 13.2 Å². The van der Waals surface area contributed by atoms with E-state index in [0.29, 0.717) is 6.42 Å². The van der Waals surface area contributed by atoms with Gasteiger partial charge in [0.25, 0.3) is 0 Å². The van der Waals surface area contributed by atoms with Crippen molar-refractivity contribution in [3.05, 3.63) is 53.8 Å². The number of benzene rings is 1. The fourth-order valence-electron chi connectivity index (χ4n) is 1.74. The van der Waals surface area contributed by atoms with Crippen molar-refractivity contribution < 1.29 is 17.9 Å². The summed E-state index contributed by atoms with van der Waals surface area (Å²) < 4.78 is 39.8. The molecule has 0 radical (unpaired) electrons. The number of ether oxygens (including phenoxy) is 1. The third-order valence-corrected chi connectivity index (χ3v) is 2.50. The summed E-state index contributed by atoms with van der Waals surface area (Å²) in [6, 6.07) is 9.59. The summed E-state index contributed by atoms with van der Waals surface area (Å²) in [6.45, 7) is 0. The highest BCUT2D eigenvalue weighted by Gasteiger charge is 2.32. The summed E-state index contributed by atoms with van der Waals surface area (Å²) >= 11 is 0. The fourth-order valence-corrected chi connectivity index (χ4v) is 1.74. The molecule has 90 valence electrons. The van der Waals surface area contributed by atoms with Crippen LogP contribution in [-0.2, 0) is 4.74 Å². The van der Waals surface area contributed by atoms with Gasteiger partial charge in [-0.1, -0.05) is 36.4 Å². The third-order valence-electron chi connectivity index (χ3n) is 2.50. The zero-order chi connectivity index (χ0) is 12.3. The number of alkyl halides is 3. The van der Waals surface area contributed by atoms with Crippen LogP contribution in [0.1, 0.15) is 18.4 Å². The van der Waals surface area contributed by atoms with Crippen LogP contribution < -0.4 is 0 Å². The van der Waals surface area contributed by atoms with E-state index in [1.165, 1.54) is 6.08 Å². The molecule has 0 bridgehead atoms. The van der Waals surface area contributed by atoms with Crippen LogP contribution in [0.2, 0.25) is 0 Å². The van der Waals surface area contributed by atoms with Crippen molar-refractivity contribution in [2.75, 3.05) is 0 Å². The SMILES string of the molecule is FC(F)(F)OC1=CC=C(c2ccccc2)CC1. The van der Waals surface area contributed by atoms with E-state index in [0.717, 1.165) is 11.1 Å². The Labute approximate surface area is 97.2 Å². The molecule has 17 heavy (non-hydrogen) atoms. The highest BCUT2D eigenvalue weighted by molar-refractivity contribution is 5.68. The van der Waals surface area contributed by atoms with Gasteiger partial charge in [-0.15, -0.1) is 13.2 Å². The van der Waals surface area contributed by atoms with Crippen molar-refractivity contribution in [3.63, 3.8) is 0 Å². The van der Waals surface area contributed by atoms with Crippen molar-refractivity contribution >= 4 is 5.57 Å². The van der Waals surface area contributed by atoms with Crippen LogP contribution >= 0.6 is 0 Å². The molecule has 0 heterocycles. The van der Waals surface area contributed by atoms with Gasteiger partial charge in [0.2, 0.25) is 0 Å². The first-order valence-electron chi connectivity index (χ1n) is 5.25. The molecule has 0 N–H and O–H groups in total. The van der Waals surface area contributed by atoms with Gasteiger partial charge in [0.1, 0.15) is 5.76 Å². The molecule has 1 aromatic carbocycles. The van der Waals surface area contributed by atoms with Crippen LogP contribution in [0.5, 0.6) is 0 Å². The topological polar surface area (TPSA) is 9.23 Å². The third kappa shape index (κ3) is 3.37. The molecule has 0 aliphatic heterocycles. The Hall–Kier alpha value is -1.71. The largest absolute Gasteiger partial charge is 0.572 e. The number of rotatable bonds is 2. The van der Waals surface area contributed by atoms with E-state index in [-0.39, 0.29) is 12.2 Å². The first-order valence-corrected chi connectivity index (χ1v) is 5.25. The smallest absolute Gasteiger partial charge is 0.410 e. The van der Waals surface area contributed by atoms with Gasteiger partial charge in [0, 0.05) is 6.42 Å². The molecule has 1 aromatic rings. The minimum absolute atomic E-state index is 0.0304. The molecule has 0 amide bonds. The Bertz CT molecular complexity index is 443. The average Bonchev–Trinajstić information content (AvgIpc) is 2.29. The summed E-state index contributed by atoms with van der Waals surface area (Å²) in [5.74, 6) is -0.0304. The summed E-state index contributed by atoms with van der Waals surface area (Å²) in [6.07, 6.45) is -0.685. The van der Waals surface area contributed by atoms with Crippen molar-refractivity contribution in [1.29, 1.82) is 0 Å². The zero-order valence-corrected chi connectivity index (χ0v) is 9.00. The van der Waals surface area contributed by atoms with Crippen LogP contribution in [0.4, 0.5) is 13.2 Å². The molecule has 0 saturated carbocycles. The van der Waals surface area contributed by atoms with Crippen molar-refractivity contribution in [3.8, 4) is 0 Å². The molecule has 1 nitrogen and oxygen atoms in total. The van der Waals surface area contributed by atoms with Crippen molar-refractivity contribution in [1.82, 2.24) is 0 Å². The van der Waals surface area contributed by atoms with Gasteiger partial charge >= 0.3 is 6.36 Å². The summed E-state index contributed by atoms with van der Waals surface area (Å²) in [5.41, 5.74) is 2.06. The molecule has 2 rings (SSSR count). The van der Waals surface area contributed by atoms with Gasteiger partial charge < -0.3 is 4.74 Å². The van der Waals surface area contributed by atoms with Gasteiger partial charge in [0.15, 0.2) is 0 Å². The summed E-state index contributed by atoms with van der Waals surface area (Å²) in [7, 11) is 0. The van der Waals surface area contributed by atoms with Crippen LogP contribution in [0.15, 0.2) is 48.2 Å². The first kappa shape index (κ1) is 11.8. The van der Waals surface area contributed by atoms with Crippen LogP contribution in [-0.4, -0.2) is 6.36 Å². The lowest BCUT2D eigenvalue weighted by atomic mass is 9.97. The van der Waals surface area contributed by atoms with Crippen LogP contribution in [0.25, 0.3) is 5.57 Å². The standard InChI is InChI=1S/C13H11F3O/c14-13(15,16)17-12-8-6-11(7-9-12)10-4-2-1-3-5-10/h1-6,8H,7,9H2. The summed E-state index contributed by atoms with van der Waals surface area (Å²) in [4.78, 5) is 0. The van der Waals surface area contributed by atoms with E-state index in [4.69, 9.17) is 0 Å².